The summed E-state index contributed by atoms with van der Waals surface area (Å²) in [5, 5.41) is 0. The second-order valence-electron chi connectivity index (χ2n) is 2.64. The molecule has 1 heterocycles. The molecule has 0 spiro atoms. The van der Waals surface area contributed by atoms with Gasteiger partial charge in [-0.25, -0.2) is 0 Å². The number of fused-ring (bicyclic) bond motifs is 1. The Morgan fingerprint density at radius 3 is 3.00 bits per heavy atom. The van der Waals surface area contributed by atoms with Crippen LogP contribution in [0.15, 0.2) is 30.5 Å². The van der Waals surface area contributed by atoms with Crippen molar-refractivity contribution in [2.75, 3.05) is 0 Å². The van der Waals surface area contributed by atoms with Gasteiger partial charge in [0.05, 0.1) is 0 Å². The van der Waals surface area contributed by atoms with Gasteiger partial charge in [0, 0.05) is 0 Å². The second kappa shape index (κ2) is 2.89. The van der Waals surface area contributed by atoms with E-state index in [2.05, 4.69) is 39.7 Å². The van der Waals surface area contributed by atoms with Crippen molar-refractivity contribution in [1.29, 1.82) is 0 Å². The van der Waals surface area contributed by atoms with Crippen LogP contribution >= 0.6 is 0 Å². The van der Waals surface area contributed by atoms with E-state index in [1.807, 2.05) is 0 Å². The Labute approximate surface area is 80.2 Å². The standard InChI is InChI=1S/C9H8N.Sn/c1-2-4-9-7-10-6-5-8(9)3-1;/h1-6H,7H2;/q-1;+1. The van der Waals surface area contributed by atoms with E-state index < -0.39 is 0 Å². The number of hydrogen-bond donors (Lipinski definition) is 0. The molecule has 0 bridgehead atoms. The summed E-state index contributed by atoms with van der Waals surface area (Å²) in [6.07, 6.45) is 4.33. The molecule has 0 saturated heterocycles. The molecule has 2 rings (SSSR count). The monoisotopic (exact) mass is 250 g/mol. The average molecular weight is 249 g/mol. The summed E-state index contributed by atoms with van der Waals surface area (Å²) < 4.78 is 2.27. The zero-order chi connectivity index (χ0) is 7.68. The van der Waals surface area contributed by atoms with Gasteiger partial charge in [-0.15, -0.1) is 0 Å². The molecule has 11 heavy (non-hydrogen) atoms. The predicted octanol–water partition coefficient (Wildman–Crippen LogP) is 1.56. The number of hydrogen-bond acceptors (Lipinski definition) is 1. The first-order chi connectivity index (χ1) is 5.36. The molecule has 0 atom stereocenters. The first kappa shape index (κ1) is 7.22. The normalized spacial score (nSPS) is 14.8. The van der Waals surface area contributed by atoms with E-state index in [9.17, 15) is 0 Å². The van der Waals surface area contributed by atoms with Gasteiger partial charge in [-0.3, -0.25) is 0 Å². The number of benzene rings is 1. The summed E-state index contributed by atoms with van der Waals surface area (Å²) in [6.45, 7) is 1.07. The van der Waals surface area contributed by atoms with Crippen molar-refractivity contribution in [2.24, 2.45) is 0 Å². The molecule has 0 amide bonds. The molecule has 0 saturated carbocycles. The van der Waals surface area contributed by atoms with E-state index in [0.29, 0.717) is 0 Å². The molecule has 1 aliphatic rings. The van der Waals surface area contributed by atoms with Crippen LogP contribution in [-0.4, -0.2) is 25.9 Å². The fourth-order valence-corrected chi connectivity index (χ4v) is 1.95. The third-order valence-electron chi connectivity index (χ3n) is 1.83. The van der Waals surface area contributed by atoms with Gasteiger partial charge in [-0.2, -0.15) is 0 Å². The molecule has 1 aliphatic heterocycles. The van der Waals surface area contributed by atoms with Gasteiger partial charge in [0.2, 0.25) is 0 Å². The van der Waals surface area contributed by atoms with Crippen LogP contribution in [0, 0.1) is 0 Å². The summed E-state index contributed by atoms with van der Waals surface area (Å²) in [6, 6.07) is 8.54. The molecule has 53 valence electrons. The Morgan fingerprint density at radius 1 is 1.27 bits per heavy atom. The Morgan fingerprint density at radius 2 is 2.09 bits per heavy atom. The molecule has 2 heteroatoms. The van der Waals surface area contributed by atoms with E-state index in [0.717, 1.165) is 6.54 Å². The molecule has 0 unspecified atom stereocenters. The van der Waals surface area contributed by atoms with Crippen molar-refractivity contribution < 1.29 is 0 Å². The van der Waals surface area contributed by atoms with Crippen molar-refractivity contribution in [3.8, 4) is 0 Å². The quantitative estimate of drug-likeness (QED) is 0.630. The van der Waals surface area contributed by atoms with E-state index in [4.69, 9.17) is 0 Å². The third-order valence-corrected chi connectivity index (χ3v) is 2.71. The van der Waals surface area contributed by atoms with Gasteiger partial charge in [-0.05, 0) is 0 Å². The maximum atomic E-state index is 2.27. The van der Waals surface area contributed by atoms with Gasteiger partial charge in [0.25, 0.3) is 0 Å². The fraction of sp³-hybridized carbons (Fsp3) is 0.111. The van der Waals surface area contributed by atoms with Crippen LogP contribution in [0.5, 0.6) is 0 Å². The van der Waals surface area contributed by atoms with Crippen LogP contribution < -0.4 is 0 Å². The molecule has 1 aromatic rings. The summed E-state index contributed by atoms with van der Waals surface area (Å²) >= 11 is 1.46. The summed E-state index contributed by atoms with van der Waals surface area (Å²) in [7, 11) is 0. The van der Waals surface area contributed by atoms with Crippen molar-refractivity contribution in [3.05, 3.63) is 41.6 Å². The van der Waals surface area contributed by atoms with E-state index in [-0.39, 0.29) is 0 Å². The molecule has 1 aromatic carbocycles. The first-order valence-electron chi connectivity index (χ1n) is 3.60. The zero-order valence-electron chi connectivity index (χ0n) is 6.12. The van der Waals surface area contributed by atoms with Crippen LogP contribution in [0.3, 0.4) is 0 Å². The van der Waals surface area contributed by atoms with Crippen LogP contribution in [0.1, 0.15) is 11.1 Å². The van der Waals surface area contributed by atoms with E-state index >= 15 is 0 Å². The topological polar surface area (TPSA) is 3.24 Å². The first-order valence-corrected chi connectivity index (χ1v) is 4.88. The maximum absolute atomic E-state index is 2.27. The molecule has 0 aliphatic carbocycles. The zero-order valence-corrected chi connectivity index (χ0v) is 8.97. The molecular weight excluding hydrogens is 241 g/mol. The van der Waals surface area contributed by atoms with Crippen LogP contribution in [-0.2, 0) is 6.54 Å². The van der Waals surface area contributed by atoms with Crippen LogP contribution in [0.25, 0.3) is 6.08 Å². The fourth-order valence-electron chi connectivity index (χ4n) is 1.25. The van der Waals surface area contributed by atoms with E-state index in [1.165, 1.54) is 33.9 Å². The van der Waals surface area contributed by atoms with Crippen molar-refractivity contribution in [1.82, 2.24) is 3.12 Å². The minimum atomic E-state index is 1.07. The predicted molar refractivity (Wildman–Crippen MR) is 46.8 cm³/mol. The average Bonchev–Trinajstić information content (AvgIpc) is 2.04. The van der Waals surface area contributed by atoms with Gasteiger partial charge in [-0.1, -0.05) is 0 Å². The number of nitrogens with zero attached hydrogens (tertiary/aromatic N) is 1. The van der Waals surface area contributed by atoms with Crippen molar-refractivity contribution >= 4 is 28.9 Å². The van der Waals surface area contributed by atoms with E-state index in [1.54, 1.807) is 0 Å². The Hall–Kier alpha value is -0.441. The number of rotatable bonds is 0. The summed E-state index contributed by atoms with van der Waals surface area (Å²) in [5.74, 6) is 0. The molecule has 1 nitrogen and oxygen atoms in total. The SMILES string of the molecule is [Sn][N]1C=Cc2ccccc2C1. The Bertz CT molecular complexity index is 293. The van der Waals surface area contributed by atoms with Gasteiger partial charge in [0.1, 0.15) is 0 Å². The molecule has 3 radical (unpaired) electrons. The Balaban J connectivity index is 2.46. The Kier molecular flexibility index (Phi) is 1.90. The minimum absolute atomic E-state index is 1.07. The second-order valence-corrected chi connectivity index (χ2v) is 4.28. The summed E-state index contributed by atoms with van der Waals surface area (Å²) in [4.78, 5) is 0. The molecular formula is C9H8NSn. The molecule has 0 N–H and O–H groups in total. The van der Waals surface area contributed by atoms with Gasteiger partial charge in [0.15, 0.2) is 0 Å². The summed E-state index contributed by atoms with van der Waals surface area (Å²) in [5.41, 5.74) is 2.80. The van der Waals surface area contributed by atoms with Gasteiger partial charge < -0.3 is 0 Å². The molecule has 0 aromatic heterocycles. The third kappa shape index (κ3) is 1.43. The van der Waals surface area contributed by atoms with Crippen LogP contribution in [0.4, 0.5) is 0 Å². The van der Waals surface area contributed by atoms with Crippen molar-refractivity contribution in [2.45, 2.75) is 6.54 Å². The molecule has 0 fully saturated rings. The van der Waals surface area contributed by atoms with Crippen molar-refractivity contribution in [3.63, 3.8) is 0 Å². The van der Waals surface area contributed by atoms with Gasteiger partial charge >= 0.3 is 80.1 Å². The van der Waals surface area contributed by atoms with Crippen LogP contribution in [0.2, 0.25) is 0 Å².